The highest BCUT2D eigenvalue weighted by molar-refractivity contribution is 5.36. The SMILES string of the molecule is Cc1cc(C(C)O)ccc1OCCC(F)(F)F. The molecule has 0 radical (unpaired) electrons. The third-order valence-corrected chi connectivity index (χ3v) is 2.32. The van der Waals surface area contributed by atoms with Gasteiger partial charge in [-0.3, -0.25) is 0 Å². The van der Waals surface area contributed by atoms with Gasteiger partial charge in [0.05, 0.1) is 19.1 Å². The van der Waals surface area contributed by atoms with E-state index in [1.807, 2.05) is 0 Å². The van der Waals surface area contributed by atoms with Gasteiger partial charge in [0.25, 0.3) is 0 Å². The van der Waals surface area contributed by atoms with Crippen molar-refractivity contribution < 1.29 is 23.0 Å². The van der Waals surface area contributed by atoms with Crippen molar-refractivity contribution in [1.82, 2.24) is 0 Å². The number of benzene rings is 1. The summed E-state index contributed by atoms with van der Waals surface area (Å²) in [6, 6.07) is 4.92. The zero-order valence-corrected chi connectivity index (χ0v) is 9.71. The van der Waals surface area contributed by atoms with Crippen LogP contribution in [0.4, 0.5) is 13.2 Å². The standard InChI is InChI=1S/C12H15F3O2/c1-8-7-10(9(2)16)3-4-11(8)17-6-5-12(13,14)15/h3-4,7,9,16H,5-6H2,1-2H3. The summed E-state index contributed by atoms with van der Waals surface area (Å²) in [5.74, 6) is 0.415. The maximum absolute atomic E-state index is 11.9. The Labute approximate surface area is 98.0 Å². The van der Waals surface area contributed by atoms with Crippen LogP contribution < -0.4 is 4.74 Å². The van der Waals surface area contributed by atoms with Gasteiger partial charge in [-0.1, -0.05) is 6.07 Å². The lowest BCUT2D eigenvalue weighted by atomic mass is 10.1. The Hall–Kier alpha value is -1.23. The molecule has 1 aromatic rings. The van der Waals surface area contributed by atoms with Crippen LogP contribution in [0.15, 0.2) is 18.2 Å². The van der Waals surface area contributed by atoms with E-state index in [0.717, 1.165) is 0 Å². The molecular formula is C12H15F3O2. The molecule has 17 heavy (non-hydrogen) atoms. The molecule has 0 fully saturated rings. The van der Waals surface area contributed by atoms with E-state index in [4.69, 9.17) is 4.74 Å². The average molecular weight is 248 g/mol. The highest BCUT2D eigenvalue weighted by atomic mass is 19.4. The molecule has 0 aliphatic rings. The Morgan fingerprint density at radius 3 is 2.47 bits per heavy atom. The first-order valence-corrected chi connectivity index (χ1v) is 5.28. The molecule has 1 N–H and O–H groups in total. The fraction of sp³-hybridized carbons (Fsp3) is 0.500. The molecule has 96 valence electrons. The molecule has 5 heteroatoms. The Bertz CT molecular complexity index is 373. The van der Waals surface area contributed by atoms with Gasteiger partial charge in [0, 0.05) is 0 Å². The van der Waals surface area contributed by atoms with E-state index in [1.165, 1.54) is 0 Å². The Kier molecular flexibility index (Phi) is 4.40. The third kappa shape index (κ3) is 4.65. The number of rotatable bonds is 4. The molecule has 1 aromatic carbocycles. The molecule has 1 rings (SSSR count). The van der Waals surface area contributed by atoms with Gasteiger partial charge < -0.3 is 9.84 Å². The Morgan fingerprint density at radius 1 is 1.35 bits per heavy atom. The summed E-state index contributed by atoms with van der Waals surface area (Å²) in [6.07, 6.45) is -5.77. The van der Waals surface area contributed by atoms with Crippen molar-refractivity contribution in [3.05, 3.63) is 29.3 Å². The van der Waals surface area contributed by atoms with Gasteiger partial charge in [-0.15, -0.1) is 0 Å². The van der Waals surface area contributed by atoms with Gasteiger partial charge in [-0.05, 0) is 37.1 Å². The van der Waals surface area contributed by atoms with Gasteiger partial charge in [-0.2, -0.15) is 13.2 Å². The van der Waals surface area contributed by atoms with E-state index in [2.05, 4.69) is 0 Å². The number of alkyl halides is 3. The summed E-state index contributed by atoms with van der Waals surface area (Å²) in [4.78, 5) is 0. The van der Waals surface area contributed by atoms with Gasteiger partial charge in [0.1, 0.15) is 5.75 Å². The summed E-state index contributed by atoms with van der Waals surface area (Å²) >= 11 is 0. The van der Waals surface area contributed by atoms with E-state index < -0.39 is 25.3 Å². The van der Waals surface area contributed by atoms with Crippen LogP contribution in [0.25, 0.3) is 0 Å². The number of aliphatic hydroxyl groups excluding tert-OH is 1. The molecule has 0 amide bonds. The predicted molar refractivity (Wildman–Crippen MR) is 58.0 cm³/mol. The minimum atomic E-state index is -4.20. The molecule has 0 bridgehead atoms. The number of hydrogen-bond donors (Lipinski definition) is 1. The topological polar surface area (TPSA) is 29.5 Å². The van der Waals surface area contributed by atoms with Crippen LogP contribution in [-0.4, -0.2) is 17.9 Å². The van der Waals surface area contributed by atoms with Crippen LogP contribution in [0.3, 0.4) is 0 Å². The predicted octanol–water partition coefficient (Wildman–Crippen LogP) is 3.38. The molecule has 1 unspecified atom stereocenters. The molecule has 0 heterocycles. The largest absolute Gasteiger partial charge is 0.493 e. The van der Waals surface area contributed by atoms with Crippen molar-refractivity contribution in [2.75, 3.05) is 6.61 Å². The first-order valence-electron chi connectivity index (χ1n) is 5.28. The van der Waals surface area contributed by atoms with Gasteiger partial charge in [-0.25, -0.2) is 0 Å². The number of hydrogen-bond acceptors (Lipinski definition) is 2. The smallest absolute Gasteiger partial charge is 0.392 e. The number of ether oxygens (including phenoxy) is 1. The van der Waals surface area contributed by atoms with E-state index >= 15 is 0 Å². The first kappa shape index (κ1) is 13.8. The van der Waals surface area contributed by atoms with Crippen LogP contribution >= 0.6 is 0 Å². The molecule has 0 aliphatic carbocycles. The van der Waals surface area contributed by atoms with Gasteiger partial charge >= 0.3 is 6.18 Å². The quantitative estimate of drug-likeness (QED) is 0.885. The summed E-state index contributed by atoms with van der Waals surface area (Å²) in [5, 5.41) is 9.33. The number of aliphatic hydroxyl groups is 1. The van der Waals surface area contributed by atoms with Crippen molar-refractivity contribution in [1.29, 1.82) is 0 Å². The molecule has 0 aliphatic heterocycles. The summed E-state index contributed by atoms with van der Waals surface area (Å²) < 4.78 is 40.8. The molecular weight excluding hydrogens is 233 g/mol. The minimum absolute atomic E-state index is 0.391. The molecule has 0 saturated carbocycles. The monoisotopic (exact) mass is 248 g/mol. The van der Waals surface area contributed by atoms with Gasteiger partial charge in [0.2, 0.25) is 0 Å². The van der Waals surface area contributed by atoms with Crippen LogP contribution in [0.1, 0.15) is 30.6 Å². The van der Waals surface area contributed by atoms with Crippen LogP contribution in [-0.2, 0) is 0 Å². The summed E-state index contributed by atoms with van der Waals surface area (Å²) in [7, 11) is 0. The second-order valence-corrected chi connectivity index (χ2v) is 3.91. The molecule has 1 atom stereocenters. The first-order chi connectivity index (χ1) is 7.79. The second-order valence-electron chi connectivity index (χ2n) is 3.91. The highest BCUT2D eigenvalue weighted by Crippen LogP contribution is 2.24. The summed E-state index contributed by atoms with van der Waals surface area (Å²) in [5.41, 5.74) is 1.43. The Morgan fingerprint density at radius 2 is 2.00 bits per heavy atom. The molecule has 0 spiro atoms. The van der Waals surface area contributed by atoms with Crippen LogP contribution in [0, 0.1) is 6.92 Å². The average Bonchev–Trinajstić information content (AvgIpc) is 2.18. The zero-order valence-electron chi connectivity index (χ0n) is 9.71. The second kappa shape index (κ2) is 5.40. The number of aryl methyl sites for hydroxylation is 1. The Balaban J connectivity index is 2.61. The minimum Gasteiger partial charge on any atom is -0.493 e. The normalized spacial score (nSPS) is 13.5. The maximum atomic E-state index is 11.9. The molecule has 0 saturated heterocycles. The van der Waals surface area contributed by atoms with Crippen molar-refractivity contribution in [3.63, 3.8) is 0 Å². The lowest BCUT2D eigenvalue weighted by Gasteiger charge is -2.12. The summed E-state index contributed by atoms with van der Waals surface area (Å²) in [6.45, 7) is 2.96. The van der Waals surface area contributed by atoms with Gasteiger partial charge in [0.15, 0.2) is 0 Å². The van der Waals surface area contributed by atoms with Crippen molar-refractivity contribution >= 4 is 0 Å². The third-order valence-electron chi connectivity index (χ3n) is 2.32. The van der Waals surface area contributed by atoms with E-state index in [0.29, 0.717) is 16.9 Å². The number of halogens is 3. The van der Waals surface area contributed by atoms with Crippen LogP contribution in [0.2, 0.25) is 0 Å². The van der Waals surface area contributed by atoms with E-state index in [-0.39, 0.29) is 0 Å². The fourth-order valence-electron chi connectivity index (χ4n) is 1.37. The maximum Gasteiger partial charge on any atom is 0.392 e. The zero-order chi connectivity index (χ0) is 13.1. The fourth-order valence-corrected chi connectivity index (χ4v) is 1.37. The molecule has 0 aromatic heterocycles. The van der Waals surface area contributed by atoms with Crippen LogP contribution in [0.5, 0.6) is 5.75 Å². The van der Waals surface area contributed by atoms with Crippen molar-refractivity contribution in [3.8, 4) is 5.75 Å². The molecule has 2 nitrogen and oxygen atoms in total. The van der Waals surface area contributed by atoms with E-state index in [1.54, 1.807) is 32.0 Å². The lowest BCUT2D eigenvalue weighted by molar-refractivity contribution is -0.139. The van der Waals surface area contributed by atoms with E-state index in [9.17, 15) is 18.3 Å². The highest BCUT2D eigenvalue weighted by Gasteiger charge is 2.26. The van der Waals surface area contributed by atoms with Crippen molar-refractivity contribution in [2.45, 2.75) is 32.5 Å². The van der Waals surface area contributed by atoms with Crippen molar-refractivity contribution in [2.24, 2.45) is 0 Å². The lowest BCUT2D eigenvalue weighted by Crippen LogP contribution is -2.13.